The Balaban J connectivity index is 1.33. The van der Waals surface area contributed by atoms with Gasteiger partial charge in [-0.25, -0.2) is 13.2 Å². The third kappa shape index (κ3) is 4.99. The Labute approximate surface area is 244 Å². The maximum atomic E-state index is 15.2. The number of nitrogens with one attached hydrogen (secondary N) is 1. The average molecular weight is 609 g/mol. The summed E-state index contributed by atoms with van der Waals surface area (Å²) in [4.78, 5) is 13.6. The number of hydrogen-bond donors (Lipinski definition) is 3. The van der Waals surface area contributed by atoms with Gasteiger partial charge in [0.15, 0.2) is 17.6 Å². The van der Waals surface area contributed by atoms with Crippen LogP contribution in [0.4, 0.5) is 13.2 Å². The van der Waals surface area contributed by atoms with E-state index in [1.807, 2.05) is 24.3 Å². The van der Waals surface area contributed by atoms with Crippen LogP contribution in [0.5, 0.6) is 5.75 Å². The summed E-state index contributed by atoms with van der Waals surface area (Å²) in [6.07, 6.45) is -3.97. The first-order chi connectivity index (χ1) is 20.5. The number of alkyl halides is 2. The molecule has 3 aromatic carbocycles. The van der Waals surface area contributed by atoms with Crippen LogP contribution in [0, 0.1) is 23.1 Å². The number of rotatable bonds is 6. The van der Waals surface area contributed by atoms with Gasteiger partial charge in [0.05, 0.1) is 23.8 Å². The van der Waals surface area contributed by atoms with E-state index in [1.54, 1.807) is 18.2 Å². The van der Waals surface area contributed by atoms with Crippen molar-refractivity contribution in [1.82, 2.24) is 5.32 Å². The summed E-state index contributed by atoms with van der Waals surface area (Å²) in [5, 5.41) is 20.1. The molecule has 0 saturated heterocycles. The van der Waals surface area contributed by atoms with Crippen LogP contribution < -0.4 is 10.1 Å². The molecule has 3 aromatic rings. The van der Waals surface area contributed by atoms with Crippen molar-refractivity contribution in [2.24, 2.45) is 5.92 Å². The number of carbonyl (C=O) groups excluding carboxylic acids is 1. The van der Waals surface area contributed by atoms with Gasteiger partial charge in [-0.15, -0.1) is 0 Å². The minimum absolute atomic E-state index is 0.0476. The number of ether oxygens (including phenoxy) is 1. The van der Waals surface area contributed by atoms with Crippen molar-refractivity contribution in [3.05, 3.63) is 112 Å². The van der Waals surface area contributed by atoms with Crippen LogP contribution in [-0.4, -0.2) is 48.5 Å². The highest BCUT2D eigenvalue weighted by Gasteiger charge is 2.53. The Kier molecular flexibility index (Phi) is 7.12. The monoisotopic (exact) mass is 608 g/mol. The molecule has 6 rings (SSSR count). The lowest BCUT2D eigenvalue weighted by Gasteiger charge is -2.31. The zero-order valence-electron chi connectivity index (χ0n) is 22.1. The van der Waals surface area contributed by atoms with Crippen LogP contribution in [0.25, 0.3) is 11.1 Å². The fraction of sp³-hybridized carbons (Fsp3) is 0.226. The summed E-state index contributed by atoms with van der Waals surface area (Å²) in [7, 11) is -5.04. The number of halogens is 3. The third-order valence-corrected chi connectivity index (χ3v) is 9.06. The Morgan fingerprint density at radius 1 is 1.09 bits per heavy atom. The van der Waals surface area contributed by atoms with Gasteiger partial charge in [-0.05, 0) is 52.4 Å². The molecule has 8 nitrogen and oxygen atoms in total. The van der Waals surface area contributed by atoms with E-state index in [4.69, 9.17) is 10.00 Å². The fourth-order valence-corrected chi connectivity index (χ4v) is 7.05. The van der Waals surface area contributed by atoms with Crippen molar-refractivity contribution in [3.63, 3.8) is 0 Å². The molecule has 3 aliphatic carbocycles. The van der Waals surface area contributed by atoms with E-state index < -0.39 is 57.5 Å². The zero-order chi connectivity index (χ0) is 30.6. The SMILES string of the molecule is N#Cc1cc(F)cc(OC2=C3C(C(NC(=O)C(c4cccc5c4Cc4ccccc4-5)S(=O)(=O)O)C=C2)[C@H](O)[C@H](F)[C@H]3F)c1. The minimum Gasteiger partial charge on any atom is -0.457 e. The maximum absolute atomic E-state index is 15.2. The number of carbonyl (C=O) groups is 1. The number of allylic oxidation sites excluding steroid dienone is 1. The van der Waals surface area contributed by atoms with E-state index in [2.05, 4.69) is 5.32 Å². The van der Waals surface area contributed by atoms with E-state index in [-0.39, 0.29) is 28.2 Å². The van der Waals surface area contributed by atoms with Crippen molar-refractivity contribution in [2.75, 3.05) is 0 Å². The molecule has 0 spiro atoms. The molecule has 1 fully saturated rings. The van der Waals surface area contributed by atoms with Gasteiger partial charge in [-0.3, -0.25) is 9.35 Å². The Morgan fingerprint density at radius 3 is 2.58 bits per heavy atom. The Hall–Kier alpha value is -4.44. The summed E-state index contributed by atoms with van der Waals surface area (Å²) >= 11 is 0. The van der Waals surface area contributed by atoms with Crippen LogP contribution in [0.1, 0.15) is 27.5 Å². The van der Waals surface area contributed by atoms with Crippen LogP contribution in [0.2, 0.25) is 0 Å². The first-order valence-corrected chi connectivity index (χ1v) is 14.7. The summed E-state index contributed by atoms with van der Waals surface area (Å²) in [6.45, 7) is 0. The van der Waals surface area contributed by atoms with Crippen molar-refractivity contribution in [3.8, 4) is 22.9 Å². The molecule has 43 heavy (non-hydrogen) atoms. The van der Waals surface area contributed by atoms with Gasteiger partial charge in [0.25, 0.3) is 10.1 Å². The lowest BCUT2D eigenvalue weighted by Crippen LogP contribution is -2.47. The van der Waals surface area contributed by atoms with Gasteiger partial charge in [0.2, 0.25) is 5.91 Å². The highest BCUT2D eigenvalue weighted by molar-refractivity contribution is 7.86. The van der Waals surface area contributed by atoms with E-state index in [1.165, 1.54) is 24.3 Å². The molecular formula is C31H23F3N2O6S. The van der Waals surface area contributed by atoms with Gasteiger partial charge < -0.3 is 15.2 Å². The number of fused-ring (bicyclic) bond motifs is 4. The van der Waals surface area contributed by atoms with Crippen LogP contribution >= 0.6 is 0 Å². The van der Waals surface area contributed by atoms with Crippen LogP contribution in [0.15, 0.2) is 84.1 Å². The number of amides is 1. The van der Waals surface area contributed by atoms with Crippen molar-refractivity contribution >= 4 is 16.0 Å². The number of nitriles is 1. The zero-order valence-corrected chi connectivity index (χ0v) is 22.9. The number of nitrogens with zero attached hydrogens (tertiary/aromatic N) is 1. The fourth-order valence-electron chi connectivity index (χ4n) is 6.17. The predicted octanol–water partition coefficient (Wildman–Crippen LogP) is 4.25. The predicted molar refractivity (Wildman–Crippen MR) is 148 cm³/mol. The van der Waals surface area contributed by atoms with Crippen molar-refractivity contribution in [1.29, 1.82) is 5.26 Å². The Morgan fingerprint density at radius 2 is 1.84 bits per heavy atom. The standard InChI is InChI=1S/C31H23F3N2O6S/c32-17-10-15(14-35)11-18(13-17)42-24-9-8-23(25-26(24)27(33)28(34)29(25)37)36-31(38)30(43(39,40)41)21-7-3-6-20-19-5-2-1-4-16(19)12-22(20)21/h1-11,13,23,25,27-30,37H,12H2,(H,36,38)(H,39,40,41)/t23?,25?,27-,28+,29-,30?/m0/s1. The number of benzene rings is 3. The number of aliphatic hydroxyl groups is 1. The Bertz CT molecular complexity index is 1870. The number of aliphatic hydroxyl groups excluding tert-OH is 1. The van der Waals surface area contributed by atoms with Gasteiger partial charge in [-0.1, -0.05) is 48.5 Å². The average Bonchev–Trinajstić information content (AvgIpc) is 3.45. The highest BCUT2D eigenvalue weighted by Crippen LogP contribution is 2.45. The topological polar surface area (TPSA) is 137 Å². The molecule has 0 radical (unpaired) electrons. The molecule has 3 N–H and O–H groups in total. The largest absolute Gasteiger partial charge is 0.457 e. The normalized spacial score (nSPS) is 24.5. The summed E-state index contributed by atoms with van der Waals surface area (Å²) in [5.74, 6) is -3.84. The first kappa shape index (κ1) is 28.7. The first-order valence-electron chi connectivity index (χ1n) is 13.2. The highest BCUT2D eigenvalue weighted by atomic mass is 32.2. The molecule has 0 aromatic heterocycles. The van der Waals surface area contributed by atoms with E-state index >= 15 is 4.39 Å². The van der Waals surface area contributed by atoms with E-state index in [9.17, 15) is 31.7 Å². The molecule has 1 saturated carbocycles. The second-order valence-electron chi connectivity index (χ2n) is 10.6. The van der Waals surface area contributed by atoms with Crippen molar-refractivity contribution in [2.45, 2.75) is 36.2 Å². The lowest BCUT2D eigenvalue weighted by atomic mass is 9.86. The second kappa shape index (κ2) is 10.7. The molecular weight excluding hydrogens is 585 g/mol. The molecule has 6 atom stereocenters. The molecule has 0 heterocycles. The van der Waals surface area contributed by atoms with Gasteiger partial charge in [0, 0.05) is 17.6 Å². The molecule has 3 unspecified atom stereocenters. The quantitative estimate of drug-likeness (QED) is 0.279. The van der Waals surface area contributed by atoms with Crippen molar-refractivity contribution < 1.29 is 40.8 Å². The van der Waals surface area contributed by atoms with E-state index in [0.717, 1.165) is 23.3 Å². The second-order valence-corrected chi connectivity index (χ2v) is 12.1. The molecule has 3 aliphatic rings. The summed E-state index contributed by atoms with van der Waals surface area (Å²) < 4.78 is 85.1. The number of hydrogen-bond acceptors (Lipinski definition) is 6. The smallest absolute Gasteiger partial charge is 0.281 e. The van der Waals surface area contributed by atoms with Crippen LogP contribution in [0.3, 0.4) is 0 Å². The third-order valence-electron chi connectivity index (χ3n) is 8.00. The maximum Gasteiger partial charge on any atom is 0.281 e. The van der Waals surface area contributed by atoms with E-state index in [0.29, 0.717) is 17.5 Å². The molecule has 0 bridgehead atoms. The van der Waals surface area contributed by atoms with Gasteiger partial charge in [0.1, 0.15) is 17.3 Å². The summed E-state index contributed by atoms with van der Waals surface area (Å²) in [5.41, 5.74) is 2.62. The lowest BCUT2D eigenvalue weighted by molar-refractivity contribution is -0.121. The molecule has 1 amide bonds. The molecule has 0 aliphatic heterocycles. The molecule has 12 heteroatoms. The van der Waals surface area contributed by atoms with Gasteiger partial charge >= 0.3 is 0 Å². The molecule has 220 valence electrons. The minimum atomic E-state index is -5.04. The van der Waals surface area contributed by atoms with Crippen LogP contribution in [-0.2, 0) is 21.3 Å². The van der Waals surface area contributed by atoms with Gasteiger partial charge in [-0.2, -0.15) is 13.7 Å². The summed E-state index contributed by atoms with van der Waals surface area (Å²) in [6, 6.07) is 15.7.